The number of rotatable bonds is 3. The summed E-state index contributed by atoms with van der Waals surface area (Å²) >= 11 is 1.93. The van der Waals surface area contributed by atoms with Crippen LogP contribution in [0.25, 0.3) is 0 Å². The topological polar surface area (TPSA) is 38.0 Å². The Morgan fingerprint density at radius 3 is 2.65 bits per heavy atom. The zero-order valence-corrected chi connectivity index (χ0v) is 12.7. The molecule has 2 aromatic carbocycles. The van der Waals surface area contributed by atoms with E-state index in [0.717, 1.165) is 6.42 Å². The minimum Gasteiger partial charge on any atom is -0.271 e. The molecule has 0 spiro atoms. The first-order valence-electron chi connectivity index (χ1n) is 6.97. The Kier molecular flexibility index (Phi) is 3.83. The van der Waals surface area contributed by atoms with E-state index in [0.29, 0.717) is 5.25 Å². The third kappa shape index (κ3) is 2.49. The molecule has 0 aliphatic carbocycles. The van der Waals surface area contributed by atoms with Crippen LogP contribution < -0.4 is 11.3 Å². The normalized spacial score (nSPS) is 18.9. The average Bonchev–Trinajstić information content (AvgIpc) is 2.87. The van der Waals surface area contributed by atoms with Crippen molar-refractivity contribution in [3.05, 3.63) is 64.7 Å². The van der Waals surface area contributed by atoms with Crippen LogP contribution in [-0.2, 0) is 6.42 Å². The maximum absolute atomic E-state index is 5.84. The molecule has 1 aliphatic rings. The molecule has 0 saturated heterocycles. The van der Waals surface area contributed by atoms with Gasteiger partial charge in [0.1, 0.15) is 0 Å². The van der Waals surface area contributed by atoms with Crippen LogP contribution in [0.2, 0.25) is 0 Å². The first-order chi connectivity index (χ1) is 9.69. The molecule has 104 valence electrons. The van der Waals surface area contributed by atoms with E-state index in [1.54, 1.807) is 0 Å². The molecule has 0 fully saturated rings. The van der Waals surface area contributed by atoms with Crippen molar-refractivity contribution in [2.75, 3.05) is 0 Å². The SMILES string of the molecule is Cc1ccc(C(NN)C2Cc3ccccc3S2)cc1C. The van der Waals surface area contributed by atoms with Gasteiger partial charge >= 0.3 is 0 Å². The largest absolute Gasteiger partial charge is 0.271 e. The molecule has 2 nitrogen and oxygen atoms in total. The molecule has 3 heteroatoms. The number of fused-ring (bicyclic) bond motifs is 1. The molecule has 0 bridgehead atoms. The molecule has 0 amide bonds. The molecule has 0 aromatic heterocycles. The minimum absolute atomic E-state index is 0.187. The van der Waals surface area contributed by atoms with Gasteiger partial charge in [0.15, 0.2) is 0 Å². The summed E-state index contributed by atoms with van der Waals surface area (Å²) in [6.45, 7) is 4.30. The van der Waals surface area contributed by atoms with E-state index in [4.69, 9.17) is 5.84 Å². The van der Waals surface area contributed by atoms with Crippen molar-refractivity contribution in [2.24, 2.45) is 5.84 Å². The van der Waals surface area contributed by atoms with Crippen LogP contribution in [0.4, 0.5) is 0 Å². The maximum Gasteiger partial charge on any atom is 0.0585 e. The third-order valence-corrected chi connectivity index (χ3v) is 5.51. The fourth-order valence-corrected chi connectivity index (χ4v) is 4.19. The number of hydrazine groups is 1. The summed E-state index contributed by atoms with van der Waals surface area (Å²) in [5, 5.41) is 0.458. The molecule has 1 aliphatic heterocycles. The summed E-state index contributed by atoms with van der Waals surface area (Å²) in [6, 6.07) is 15.5. The molecule has 3 rings (SSSR count). The quantitative estimate of drug-likeness (QED) is 0.669. The number of hydrogen-bond acceptors (Lipinski definition) is 3. The predicted octanol–water partition coefficient (Wildman–Crippen LogP) is 3.52. The zero-order chi connectivity index (χ0) is 14.1. The molecule has 0 radical (unpaired) electrons. The van der Waals surface area contributed by atoms with Gasteiger partial charge in [-0.3, -0.25) is 11.3 Å². The molecule has 3 N–H and O–H groups in total. The second kappa shape index (κ2) is 5.60. The fourth-order valence-electron chi connectivity index (χ4n) is 2.77. The van der Waals surface area contributed by atoms with E-state index < -0.39 is 0 Å². The third-order valence-electron chi connectivity index (χ3n) is 4.11. The highest BCUT2D eigenvalue weighted by Crippen LogP contribution is 2.42. The monoisotopic (exact) mass is 284 g/mol. The Hall–Kier alpha value is -1.29. The predicted molar refractivity (Wildman–Crippen MR) is 85.8 cm³/mol. The van der Waals surface area contributed by atoms with Crippen molar-refractivity contribution in [3.63, 3.8) is 0 Å². The van der Waals surface area contributed by atoms with Gasteiger partial charge in [-0.05, 0) is 48.6 Å². The Morgan fingerprint density at radius 1 is 1.15 bits per heavy atom. The maximum atomic E-state index is 5.84. The number of aryl methyl sites for hydroxylation is 2. The van der Waals surface area contributed by atoms with Gasteiger partial charge in [0.05, 0.1) is 6.04 Å². The fraction of sp³-hybridized carbons (Fsp3) is 0.294. The average molecular weight is 284 g/mol. The summed E-state index contributed by atoms with van der Waals surface area (Å²) in [5.41, 5.74) is 8.38. The smallest absolute Gasteiger partial charge is 0.0585 e. The second-order valence-corrected chi connectivity index (χ2v) is 6.74. The Balaban J connectivity index is 1.87. The molecule has 2 unspecified atom stereocenters. The Morgan fingerprint density at radius 2 is 1.95 bits per heavy atom. The molecule has 2 atom stereocenters. The lowest BCUT2D eigenvalue weighted by molar-refractivity contribution is 0.533. The van der Waals surface area contributed by atoms with Crippen molar-refractivity contribution in [2.45, 2.75) is 36.5 Å². The van der Waals surface area contributed by atoms with Crippen molar-refractivity contribution in [3.8, 4) is 0 Å². The lowest BCUT2D eigenvalue weighted by atomic mass is 9.96. The first kappa shape index (κ1) is 13.7. The highest BCUT2D eigenvalue weighted by molar-refractivity contribution is 8.00. The summed E-state index contributed by atoms with van der Waals surface area (Å²) in [5.74, 6) is 5.84. The highest BCUT2D eigenvalue weighted by Gasteiger charge is 2.29. The molecule has 2 aromatic rings. The minimum atomic E-state index is 0.187. The van der Waals surface area contributed by atoms with Crippen LogP contribution >= 0.6 is 11.8 Å². The van der Waals surface area contributed by atoms with Crippen LogP contribution in [0.5, 0.6) is 0 Å². The van der Waals surface area contributed by atoms with Crippen LogP contribution in [0, 0.1) is 13.8 Å². The molecule has 0 saturated carbocycles. The number of benzene rings is 2. The van der Waals surface area contributed by atoms with Crippen LogP contribution in [0.3, 0.4) is 0 Å². The van der Waals surface area contributed by atoms with E-state index >= 15 is 0 Å². The van der Waals surface area contributed by atoms with Crippen molar-refractivity contribution in [1.82, 2.24) is 5.43 Å². The van der Waals surface area contributed by atoms with Gasteiger partial charge in [-0.15, -0.1) is 11.8 Å². The van der Waals surface area contributed by atoms with Gasteiger partial charge in [-0.1, -0.05) is 36.4 Å². The van der Waals surface area contributed by atoms with Gasteiger partial charge in [-0.25, -0.2) is 0 Å². The van der Waals surface area contributed by atoms with E-state index in [1.165, 1.54) is 27.1 Å². The summed E-state index contributed by atoms with van der Waals surface area (Å²) in [6.07, 6.45) is 1.07. The van der Waals surface area contributed by atoms with Crippen molar-refractivity contribution in [1.29, 1.82) is 0 Å². The Labute approximate surface area is 124 Å². The van der Waals surface area contributed by atoms with Crippen LogP contribution in [-0.4, -0.2) is 5.25 Å². The Bertz CT molecular complexity index is 599. The summed E-state index contributed by atoms with van der Waals surface area (Å²) < 4.78 is 0. The van der Waals surface area contributed by atoms with E-state index in [9.17, 15) is 0 Å². The van der Waals surface area contributed by atoms with Gasteiger partial charge < -0.3 is 0 Å². The number of nitrogens with two attached hydrogens (primary N) is 1. The second-order valence-electron chi connectivity index (χ2n) is 5.46. The van der Waals surface area contributed by atoms with Crippen molar-refractivity contribution < 1.29 is 0 Å². The van der Waals surface area contributed by atoms with E-state index in [2.05, 4.69) is 61.7 Å². The van der Waals surface area contributed by atoms with Crippen LogP contribution in [0.15, 0.2) is 47.4 Å². The summed E-state index contributed by atoms with van der Waals surface area (Å²) in [7, 11) is 0. The molecule has 20 heavy (non-hydrogen) atoms. The molecule has 1 heterocycles. The number of hydrogen-bond donors (Lipinski definition) is 2. The van der Waals surface area contributed by atoms with Gasteiger partial charge in [0.2, 0.25) is 0 Å². The molecular formula is C17H20N2S. The van der Waals surface area contributed by atoms with E-state index in [1.807, 2.05) is 11.8 Å². The van der Waals surface area contributed by atoms with Gasteiger partial charge in [0.25, 0.3) is 0 Å². The van der Waals surface area contributed by atoms with E-state index in [-0.39, 0.29) is 6.04 Å². The van der Waals surface area contributed by atoms with Crippen LogP contribution in [0.1, 0.15) is 28.3 Å². The standard InChI is InChI=1S/C17H20N2S/c1-11-7-8-14(9-12(11)2)17(19-18)16-10-13-5-3-4-6-15(13)20-16/h3-9,16-17,19H,10,18H2,1-2H3. The lowest BCUT2D eigenvalue weighted by Gasteiger charge is -2.23. The van der Waals surface area contributed by atoms with Crippen molar-refractivity contribution >= 4 is 11.8 Å². The lowest BCUT2D eigenvalue weighted by Crippen LogP contribution is -2.35. The van der Waals surface area contributed by atoms with Gasteiger partial charge in [-0.2, -0.15) is 0 Å². The zero-order valence-electron chi connectivity index (χ0n) is 11.9. The number of thioether (sulfide) groups is 1. The molecular weight excluding hydrogens is 264 g/mol. The highest BCUT2D eigenvalue weighted by atomic mass is 32.2. The first-order valence-corrected chi connectivity index (χ1v) is 7.85. The number of nitrogens with one attached hydrogen (secondary N) is 1. The summed E-state index contributed by atoms with van der Waals surface area (Å²) in [4.78, 5) is 1.39. The van der Waals surface area contributed by atoms with Gasteiger partial charge in [0, 0.05) is 10.1 Å².